The van der Waals surface area contributed by atoms with Gasteiger partial charge in [-0.05, 0) is 0 Å². The Hall–Kier alpha value is -1.73. The van der Waals surface area contributed by atoms with Crippen LogP contribution in [0.5, 0.6) is 0 Å². The number of carbonyl (C=O) groups excluding carboxylic acids is 1. The van der Waals surface area contributed by atoms with Gasteiger partial charge in [0.1, 0.15) is 5.69 Å². The SMILES string of the molecule is Cn1[nH]c(C(F)(F)F)c(CNC(=O)C(C)(C)C)c1=O. The summed E-state index contributed by atoms with van der Waals surface area (Å²) in [5.74, 6) is -0.427. The van der Waals surface area contributed by atoms with E-state index in [0.717, 1.165) is 4.68 Å². The zero-order valence-electron chi connectivity index (χ0n) is 11.1. The molecule has 0 saturated heterocycles. The third kappa shape index (κ3) is 3.39. The summed E-state index contributed by atoms with van der Waals surface area (Å²) in [6.07, 6.45) is -4.66. The molecular weight excluding hydrogens is 263 g/mol. The molecule has 1 aromatic heterocycles. The van der Waals surface area contributed by atoms with Gasteiger partial charge in [-0.2, -0.15) is 13.2 Å². The van der Waals surface area contributed by atoms with Gasteiger partial charge in [-0.15, -0.1) is 0 Å². The normalized spacial score (nSPS) is 12.6. The van der Waals surface area contributed by atoms with Crippen LogP contribution in [-0.4, -0.2) is 15.7 Å². The predicted octanol–water partition coefficient (Wildman–Crippen LogP) is 1.39. The highest BCUT2D eigenvalue weighted by Gasteiger charge is 2.37. The van der Waals surface area contributed by atoms with E-state index in [2.05, 4.69) is 5.32 Å². The van der Waals surface area contributed by atoms with E-state index in [1.54, 1.807) is 20.8 Å². The fraction of sp³-hybridized carbons (Fsp3) is 0.636. The molecule has 0 saturated carbocycles. The van der Waals surface area contributed by atoms with Crippen LogP contribution < -0.4 is 10.9 Å². The number of H-pyrrole nitrogens is 1. The van der Waals surface area contributed by atoms with Gasteiger partial charge in [-0.1, -0.05) is 20.8 Å². The number of aromatic nitrogens is 2. The second kappa shape index (κ2) is 4.75. The van der Waals surface area contributed by atoms with Crippen LogP contribution in [0.1, 0.15) is 32.0 Å². The molecule has 1 rings (SSSR count). The molecule has 0 atom stereocenters. The molecule has 0 radical (unpaired) electrons. The van der Waals surface area contributed by atoms with Crippen LogP contribution in [0.3, 0.4) is 0 Å². The topological polar surface area (TPSA) is 66.9 Å². The molecule has 108 valence electrons. The summed E-state index contributed by atoms with van der Waals surface area (Å²) < 4.78 is 38.8. The van der Waals surface area contributed by atoms with Crippen LogP contribution in [0.2, 0.25) is 0 Å². The number of hydrogen-bond acceptors (Lipinski definition) is 2. The average Bonchev–Trinajstić information content (AvgIpc) is 2.51. The Labute approximate surface area is 107 Å². The number of nitrogens with one attached hydrogen (secondary N) is 2. The molecule has 0 aliphatic carbocycles. The Bertz CT molecular complexity index is 535. The van der Waals surface area contributed by atoms with E-state index in [9.17, 15) is 22.8 Å². The number of nitrogens with zero attached hydrogens (tertiary/aromatic N) is 1. The first-order chi connectivity index (χ1) is 8.44. The van der Waals surface area contributed by atoms with Gasteiger partial charge in [-0.3, -0.25) is 19.4 Å². The Balaban J connectivity index is 3.03. The second-order valence-corrected chi connectivity index (χ2v) is 5.26. The number of halogens is 3. The zero-order valence-corrected chi connectivity index (χ0v) is 11.1. The number of hydrogen-bond donors (Lipinski definition) is 2. The highest BCUT2D eigenvalue weighted by Crippen LogP contribution is 2.29. The average molecular weight is 279 g/mol. The summed E-state index contributed by atoms with van der Waals surface area (Å²) in [6.45, 7) is 4.42. The van der Waals surface area contributed by atoms with Crippen LogP contribution in [0.25, 0.3) is 0 Å². The van der Waals surface area contributed by atoms with E-state index in [-0.39, 0.29) is 0 Å². The lowest BCUT2D eigenvalue weighted by Crippen LogP contribution is -2.36. The van der Waals surface area contributed by atoms with E-state index in [0.29, 0.717) is 0 Å². The van der Waals surface area contributed by atoms with Crippen LogP contribution in [0, 0.1) is 5.41 Å². The molecule has 0 unspecified atom stereocenters. The minimum atomic E-state index is -4.66. The van der Waals surface area contributed by atoms with Crippen molar-refractivity contribution in [3.05, 3.63) is 21.6 Å². The predicted molar refractivity (Wildman–Crippen MR) is 62.3 cm³/mol. The second-order valence-electron chi connectivity index (χ2n) is 5.26. The van der Waals surface area contributed by atoms with E-state index >= 15 is 0 Å². The monoisotopic (exact) mass is 279 g/mol. The van der Waals surface area contributed by atoms with Crippen LogP contribution in [0.15, 0.2) is 4.79 Å². The molecule has 8 heteroatoms. The number of carbonyl (C=O) groups is 1. The molecule has 1 amide bonds. The molecule has 19 heavy (non-hydrogen) atoms. The maximum absolute atomic E-state index is 12.7. The Morgan fingerprint density at radius 1 is 1.32 bits per heavy atom. The molecule has 0 aliphatic heterocycles. The molecule has 0 fully saturated rings. The van der Waals surface area contributed by atoms with E-state index in [1.165, 1.54) is 7.05 Å². The van der Waals surface area contributed by atoms with Crippen molar-refractivity contribution in [2.75, 3.05) is 0 Å². The first-order valence-electron chi connectivity index (χ1n) is 5.58. The molecule has 0 bridgehead atoms. The summed E-state index contributed by atoms with van der Waals surface area (Å²) in [5.41, 5.74) is -3.16. The van der Waals surface area contributed by atoms with E-state index in [1.807, 2.05) is 5.10 Å². The Morgan fingerprint density at radius 3 is 2.26 bits per heavy atom. The molecule has 0 aliphatic rings. The fourth-order valence-corrected chi connectivity index (χ4v) is 1.43. The standard InChI is InChI=1S/C11H16F3N3O2/c1-10(2,3)9(19)15-5-6-7(11(12,13)14)16-17(4)8(6)18/h16H,5H2,1-4H3,(H,15,19). The first kappa shape index (κ1) is 15.3. The van der Waals surface area contributed by atoms with Crippen molar-refractivity contribution in [1.29, 1.82) is 0 Å². The number of aromatic amines is 1. The Morgan fingerprint density at radius 2 is 1.84 bits per heavy atom. The summed E-state index contributed by atoms with van der Waals surface area (Å²) in [7, 11) is 1.19. The molecular formula is C11H16F3N3O2. The lowest BCUT2D eigenvalue weighted by atomic mass is 9.95. The lowest BCUT2D eigenvalue weighted by molar-refractivity contribution is -0.142. The van der Waals surface area contributed by atoms with Crippen molar-refractivity contribution in [3.63, 3.8) is 0 Å². The van der Waals surface area contributed by atoms with E-state index in [4.69, 9.17) is 0 Å². The quantitative estimate of drug-likeness (QED) is 0.859. The van der Waals surface area contributed by atoms with Crippen molar-refractivity contribution in [1.82, 2.24) is 15.1 Å². The van der Waals surface area contributed by atoms with Crippen molar-refractivity contribution >= 4 is 5.91 Å². The van der Waals surface area contributed by atoms with Gasteiger partial charge in [0.2, 0.25) is 5.91 Å². The largest absolute Gasteiger partial charge is 0.433 e. The highest BCUT2D eigenvalue weighted by atomic mass is 19.4. The molecule has 1 heterocycles. The number of aryl methyl sites for hydroxylation is 1. The maximum Gasteiger partial charge on any atom is 0.433 e. The summed E-state index contributed by atoms with van der Waals surface area (Å²) in [4.78, 5) is 23.2. The van der Waals surface area contributed by atoms with Crippen molar-refractivity contribution < 1.29 is 18.0 Å². The zero-order chi connectivity index (χ0) is 15.0. The van der Waals surface area contributed by atoms with Gasteiger partial charge >= 0.3 is 6.18 Å². The van der Waals surface area contributed by atoms with Crippen LogP contribution >= 0.6 is 0 Å². The molecule has 0 spiro atoms. The van der Waals surface area contributed by atoms with E-state index < -0.39 is 40.9 Å². The van der Waals surface area contributed by atoms with Gasteiger partial charge in [-0.25, -0.2) is 0 Å². The lowest BCUT2D eigenvalue weighted by Gasteiger charge is -2.17. The van der Waals surface area contributed by atoms with Gasteiger partial charge < -0.3 is 5.32 Å². The van der Waals surface area contributed by atoms with Crippen molar-refractivity contribution in [3.8, 4) is 0 Å². The van der Waals surface area contributed by atoms with Gasteiger partial charge in [0.05, 0.1) is 12.1 Å². The smallest absolute Gasteiger partial charge is 0.351 e. The van der Waals surface area contributed by atoms with Crippen molar-refractivity contribution in [2.45, 2.75) is 33.5 Å². The van der Waals surface area contributed by atoms with Crippen LogP contribution in [-0.2, 0) is 24.6 Å². The summed E-state index contributed by atoms with van der Waals surface area (Å²) in [5, 5.41) is 4.28. The maximum atomic E-state index is 12.7. The first-order valence-corrected chi connectivity index (χ1v) is 5.58. The fourth-order valence-electron chi connectivity index (χ4n) is 1.43. The minimum Gasteiger partial charge on any atom is -0.351 e. The van der Waals surface area contributed by atoms with Gasteiger partial charge in [0.15, 0.2) is 0 Å². The number of rotatable bonds is 2. The summed E-state index contributed by atoms with van der Waals surface area (Å²) >= 11 is 0. The molecule has 0 aromatic carbocycles. The molecule has 1 aromatic rings. The molecule has 2 N–H and O–H groups in total. The third-order valence-corrected chi connectivity index (χ3v) is 2.53. The minimum absolute atomic E-state index is 0.427. The molecule has 5 nitrogen and oxygen atoms in total. The number of amides is 1. The van der Waals surface area contributed by atoms with Crippen LogP contribution in [0.4, 0.5) is 13.2 Å². The van der Waals surface area contributed by atoms with Gasteiger partial charge in [0.25, 0.3) is 5.56 Å². The highest BCUT2D eigenvalue weighted by molar-refractivity contribution is 5.81. The number of alkyl halides is 3. The van der Waals surface area contributed by atoms with Gasteiger partial charge in [0, 0.05) is 12.5 Å². The van der Waals surface area contributed by atoms with Crippen molar-refractivity contribution in [2.24, 2.45) is 12.5 Å². The Kier molecular flexibility index (Phi) is 3.83. The summed E-state index contributed by atoms with van der Waals surface area (Å²) in [6, 6.07) is 0. The third-order valence-electron chi connectivity index (χ3n) is 2.53.